The van der Waals surface area contributed by atoms with Crippen LogP contribution >= 0.6 is 24.0 Å². The summed E-state index contributed by atoms with van der Waals surface area (Å²) in [4.78, 5) is 20.1. The minimum atomic E-state index is -0.467. The molecule has 148 valence electrons. The Hall–Kier alpha value is -0.770. The van der Waals surface area contributed by atoms with E-state index in [2.05, 4.69) is 20.5 Å². The number of carbonyl (C=O) groups is 1. The molecule has 1 fully saturated rings. The van der Waals surface area contributed by atoms with Crippen molar-refractivity contribution in [1.29, 1.82) is 0 Å². The number of nitrogens with zero attached hydrogens (tertiary/aromatic N) is 3. The molecule has 1 aliphatic heterocycles. The zero-order valence-electron chi connectivity index (χ0n) is 16.4. The first-order valence-corrected chi connectivity index (χ1v) is 8.93. The van der Waals surface area contributed by atoms with Crippen molar-refractivity contribution in [3.63, 3.8) is 0 Å². The average molecular weight is 469 g/mol. The lowest BCUT2D eigenvalue weighted by Gasteiger charge is -2.27. The van der Waals surface area contributed by atoms with Crippen molar-refractivity contribution >= 4 is 36.0 Å². The van der Waals surface area contributed by atoms with E-state index in [1.165, 1.54) is 32.4 Å². The number of hydrogen-bond donors (Lipinski definition) is 2. The Morgan fingerprint density at radius 3 is 2.32 bits per heavy atom. The maximum atomic E-state index is 11.9. The van der Waals surface area contributed by atoms with Crippen molar-refractivity contribution in [2.24, 2.45) is 4.99 Å². The van der Waals surface area contributed by atoms with Crippen molar-refractivity contribution in [1.82, 2.24) is 20.4 Å². The number of nitrogens with one attached hydrogen (secondary N) is 2. The first-order valence-electron chi connectivity index (χ1n) is 8.93. The number of carbonyl (C=O) groups excluding carboxylic acids is 1. The summed E-state index contributed by atoms with van der Waals surface area (Å²) < 4.78 is 5.32. The van der Waals surface area contributed by atoms with Crippen molar-refractivity contribution in [3.05, 3.63) is 0 Å². The van der Waals surface area contributed by atoms with Crippen molar-refractivity contribution in [2.75, 3.05) is 53.4 Å². The Morgan fingerprint density at radius 2 is 1.76 bits per heavy atom. The Labute approximate surface area is 170 Å². The predicted molar refractivity (Wildman–Crippen MR) is 114 cm³/mol. The number of amides is 1. The highest BCUT2D eigenvalue weighted by Gasteiger charge is 2.19. The Morgan fingerprint density at radius 1 is 1.16 bits per heavy atom. The molecule has 0 aromatic rings. The highest BCUT2D eigenvalue weighted by Crippen LogP contribution is 2.08. The number of likely N-dealkylation sites (tertiary alicyclic amines) is 1. The van der Waals surface area contributed by atoms with Gasteiger partial charge < -0.3 is 25.2 Å². The molecule has 1 aliphatic rings. The fraction of sp³-hybridized carbons (Fsp3) is 0.882. The molecular weight excluding hydrogens is 433 g/mol. The van der Waals surface area contributed by atoms with Crippen LogP contribution in [-0.2, 0) is 4.74 Å². The highest BCUT2D eigenvalue weighted by molar-refractivity contribution is 14.0. The number of halogens is 1. The summed E-state index contributed by atoms with van der Waals surface area (Å²) in [6.07, 6.45) is 3.67. The number of guanidine groups is 1. The molecule has 1 amide bonds. The second-order valence-corrected chi connectivity index (χ2v) is 7.23. The van der Waals surface area contributed by atoms with Gasteiger partial charge in [-0.2, -0.15) is 0 Å². The molecule has 0 aliphatic carbocycles. The van der Waals surface area contributed by atoms with Gasteiger partial charge in [-0.15, -0.1) is 24.0 Å². The molecule has 25 heavy (non-hydrogen) atoms. The van der Waals surface area contributed by atoms with Crippen molar-refractivity contribution < 1.29 is 9.53 Å². The van der Waals surface area contributed by atoms with Gasteiger partial charge in [0.2, 0.25) is 0 Å². The van der Waals surface area contributed by atoms with E-state index in [1.54, 1.807) is 19.0 Å². The van der Waals surface area contributed by atoms with Crippen LogP contribution in [0.2, 0.25) is 0 Å². The molecule has 0 radical (unpaired) electrons. The van der Waals surface area contributed by atoms with Crippen LogP contribution in [0.15, 0.2) is 4.99 Å². The summed E-state index contributed by atoms with van der Waals surface area (Å²) in [5.74, 6) is 0.768. The monoisotopic (exact) mass is 469 g/mol. The second kappa shape index (κ2) is 12.6. The van der Waals surface area contributed by atoms with Crippen LogP contribution in [0.1, 0.15) is 40.0 Å². The lowest BCUT2D eigenvalue weighted by Crippen LogP contribution is -2.45. The average Bonchev–Trinajstić information content (AvgIpc) is 2.52. The maximum absolute atomic E-state index is 11.9. The van der Waals surface area contributed by atoms with E-state index in [0.717, 1.165) is 19.0 Å². The maximum Gasteiger partial charge on any atom is 0.410 e. The zero-order valence-corrected chi connectivity index (χ0v) is 18.8. The molecule has 0 aromatic heterocycles. The van der Waals surface area contributed by atoms with Crippen LogP contribution < -0.4 is 10.6 Å². The van der Waals surface area contributed by atoms with Gasteiger partial charge in [0, 0.05) is 40.3 Å². The van der Waals surface area contributed by atoms with Crippen molar-refractivity contribution in [2.45, 2.75) is 45.6 Å². The minimum Gasteiger partial charge on any atom is -0.444 e. The summed E-state index contributed by atoms with van der Waals surface area (Å²) in [6.45, 7) is 11.1. The Bertz CT molecular complexity index is 406. The topological polar surface area (TPSA) is 69.2 Å². The third kappa shape index (κ3) is 11.5. The normalized spacial score (nSPS) is 16.0. The van der Waals surface area contributed by atoms with E-state index in [0.29, 0.717) is 13.1 Å². The molecule has 0 spiro atoms. The quantitative estimate of drug-likeness (QED) is 0.355. The second-order valence-electron chi connectivity index (χ2n) is 7.23. The number of piperidine rings is 1. The fourth-order valence-corrected chi connectivity index (χ4v) is 2.51. The fourth-order valence-electron chi connectivity index (χ4n) is 2.51. The number of aliphatic imine (C=N–C) groups is 1. The lowest BCUT2D eigenvalue weighted by molar-refractivity contribution is 0.0302. The first kappa shape index (κ1) is 24.2. The van der Waals surface area contributed by atoms with E-state index >= 15 is 0 Å². The number of likely N-dealkylation sites (N-methyl/N-ethyl adjacent to an activating group) is 1. The molecule has 1 saturated heterocycles. The van der Waals surface area contributed by atoms with Crippen molar-refractivity contribution in [3.8, 4) is 0 Å². The molecule has 8 heteroatoms. The number of rotatable bonds is 6. The van der Waals surface area contributed by atoms with Crippen LogP contribution in [-0.4, -0.2) is 80.8 Å². The highest BCUT2D eigenvalue weighted by atomic mass is 127. The molecule has 1 heterocycles. The number of ether oxygens (including phenoxy) is 1. The van der Waals surface area contributed by atoms with Gasteiger partial charge >= 0.3 is 6.09 Å². The van der Waals surface area contributed by atoms with Gasteiger partial charge in [-0.25, -0.2) is 4.79 Å². The third-order valence-electron chi connectivity index (χ3n) is 3.84. The van der Waals surface area contributed by atoms with E-state index in [1.807, 2.05) is 20.8 Å². The largest absolute Gasteiger partial charge is 0.444 e. The number of hydrogen-bond acceptors (Lipinski definition) is 4. The summed E-state index contributed by atoms with van der Waals surface area (Å²) in [5, 5.41) is 6.55. The summed E-state index contributed by atoms with van der Waals surface area (Å²) in [7, 11) is 3.50. The van der Waals surface area contributed by atoms with Gasteiger partial charge in [0.25, 0.3) is 0 Å². The molecule has 0 bridgehead atoms. The smallest absolute Gasteiger partial charge is 0.410 e. The first-order chi connectivity index (χ1) is 11.3. The van der Waals surface area contributed by atoms with Gasteiger partial charge in [0.15, 0.2) is 5.96 Å². The van der Waals surface area contributed by atoms with Crippen LogP contribution in [0, 0.1) is 0 Å². The third-order valence-corrected chi connectivity index (χ3v) is 3.84. The summed E-state index contributed by atoms with van der Waals surface area (Å²) in [6, 6.07) is 0. The molecular formula is C17H36IN5O2. The van der Waals surface area contributed by atoms with Gasteiger partial charge in [-0.05, 0) is 46.7 Å². The Kier molecular flexibility index (Phi) is 12.2. The molecule has 1 rings (SSSR count). The molecule has 0 unspecified atom stereocenters. The van der Waals surface area contributed by atoms with E-state index in [9.17, 15) is 4.79 Å². The molecule has 0 atom stereocenters. The van der Waals surface area contributed by atoms with E-state index < -0.39 is 5.60 Å². The summed E-state index contributed by atoms with van der Waals surface area (Å²) >= 11 is 0. The molecule has 7 nitrogen and oxygen atoms in total. The van der Waals surface area contributed by atoms with Crippen LogP contribution in [0.3, 0.4) is 0 Å². The predicted octanol–water partition coefficient (Wildman–Crippen LogP) is 2.12. The van der Waals surface area contributed by atoms with Crippen LogP contribution in [0.4, 0.5) is 4.79 Å². The SMILES string of the molecule is CN=C(NCCN1CCCCC1)NCCN(C)C(=O)OC(C)(C)C.I. The standard InChI is InChI=1S/C17H35N5O2.HI/c1-17(2,3)24-16(23)21(5)13-9-19-15(18-4)20-10-14-22-11-7-6-8-12-22;/h6-14H2,1-5H3,(H2,18,19,20);1H. The zero-order chi connectivity index (χ0) is 18.0. The molecule has 2 N–H and O–H groups in total. The lowest BCUT2D eigenvalue weighted by atomic mass is 10.1. The van der Waals surface area contributed by atoms with Crippen LogP contribution in [0.5, 0.6) is 0 Å². The summed E-state index contributed by atoms with van der Waals surface area (Å²) in [5.41, 5.74) is -0.467. The molecule has 0 saturated carbocycles. The molecule has 0 aromatic carbocycles. The minimum absolute atomic E-state index is 0. The van der Waals surface area contributed by atoms with Gasteiger partial charge in [-0.1, -0.05) is 6.42 Å². The van der Waals surface area contributed by atoms with Gasteiger partial charge in [0.05, 0.1) is 0 Å². The van der Waals surface area contributed by atoms with Gasteiger partial charge in [0.1, 0.15) is 5.60 Å². The van der Waals surface area contributed by atoms with Gasteiger partial charge in [-0.3, -0.25) is 4.99 Å². The van der Waals surface area contributed by atoms with Crippen LogP contribution in [0.25, 0.3) is 0 Å². The Balaban J connectivity index is 0.00000576. The van der Waals surface area contributed by atoms with E-state index in [-0.39, 0.29) is 30.1 Å². The van der Waals surface area contributed by atoms with E-state index in [4.69, 9.17) is 4.74 Å².